The van der Waals surface area contributed by atoms with Gasteiger partial charge in [0.05, 0.1) is 18.1 Å². The van der Waals surface area contributed by atoms with Crippen LogP contribution in [-0.4, -0.2) is 49.2 Å². The molecule has 1 saturated heterocycles. The minimum absolute atomic E-state index is 0.116. The van der Waals surface area contributed by atoms with Crippen LogP contribution in [-0.2, 0) is 4.79 Å². The number of rotatable bonds is 4. The molecule has 0 radical (unpaired) electrons. The molecule has 2 atom stereocenters. The zero-order valence-corrected chi connectivity index (χ0v) is 15.4. The van der Waals surface area contributed by atoms with Gasteiger partial charge in [-0.25, -0.2) is 9.67 Å². The number of carbonyl (C=O) groups excluding carboxylic acids is 1. The Kier molecular flexibility index (Phi) is 5.01. The van der Waals surface area contributed by atoms with Gasteiger partial charge in [-0.15, -0.1) is 0 Å². The van der Waals surface area contributed by atoms with Crippen LogP contribution in [0.15, 0.2) is 18.5 Å². The maximum absolute atomic E-state index is 12.7. The first kappa shape index (κ1) is 17.4. The molecule has 134 valence electrons. The second-order valence-corrected chi connectivity index (χ2v) is 6.84. The fourth-order valence-electron chi connectivity index (χ4n) is 3.35. The number of carbonyl (C=O) groups is 1. The van der Waals surface area contributed by atoms with Crippen molar-refractivity contribution in [1.29, 1.82) is 0 Å². The van der Waals surface area contributed by atoms with Crippen LogP contribution in [0.4, 0.5) is 5.82 Å². The summed E-state index contributed by atoms with van der Waals surface area (Å²) < 4.78 is 1.76. The first-order valence-corrected chi connectivity index (χ1v) is 8.88. The average molecular weight is 342 g/mol. The van der Waals surface area contributed by atoms with E-state index in [0.717, 1.165) is 30.8 Å². The molecule has 7 heteroatoms. The molecule has 3 heterocycles. The Morgan fingerprint density at radius 1 is 1.32 bits per heavy atom. The topological polar surface area (TPSA) is 75.9 Å². The Bertz CT molecular complexity index is 756. The van der Waals surface area contributed by atoms with Gasteiger partial charge < -0.3 is 10.2 Å². The molecule has 0 saturated carbocycles. The number of hydrogen-bond donors (Lipinski definition) is 1. The van der Waals surface area contributed by atoms with Gasteiger partial charge in [0, 0.05) is 18.3 Å². The number of nitrogens with zero attached hydrogens (tertiary/aromatic N) is 5. The van der Waals surface area contributed by atoms with Gasteiger partial charge in [0.15, 0.2) is 5.82 Å². The van der Waals surface area contributed by atoms with Crippen LogP contribution in [0.1, 0.15) is 44.5 Å². The summed E-state index contributed by atoms with van der Waals surface area (Å²) in [4.78, 5) is 23.5. The summed E-state index contributed by atoms with van der Waals surface area (Å²) in [5, 5.41) is 7.62. The molecule has 0 unspecified atom stereocenters. The van der Waals surface area contributed by atoms with Crippen LogP contribution in [0, 0.1) is 13.8 Å². The first-order chi connectivity index (χ1) is 12.0. The lowest BCUT2D eigenvalue weighted by Crippen LogP contribution is -2.48. The molecular weight excluding hydrogens is 316 g/mol. The first-order valence-electron chi connectivity index (χ1n) is 8.88. The van der Waals surface area contributed by atoms with E-state index in [1.165, 1.54) is 6.42 Å². The minimum atomic E-state index is -0.342. The lowest BCUT2D eigenvalue weighted by Gasteiger charge is -2.35. The number of hydrogen-bond acceptors (Lipinski definition) is 5. The molecule has 1 aliphatic rings. The average Bonchev–Trinajstić information content (AvgIpc) is 2.93. The number of piperidine rings is 1. The van der Waals surface area contributed by atoms with E-state index in [2.05, 4.69) is 27.3 Å². The molecule has 1 amide bonds. The fraction of sp³-hybridized carbons (Fsp3) is 0.556. The van der Waals surface area contributed by atoms with Gasteiger partial charge in [-0.1, -0.05) is 0 Å². The van der Waals surface area contributed by atoms with Crippen molar-refractivity contribution < 1.29 is 4.79 Å². The summed E-state index contributed by atoms with van der Waals surface area (Å²) in [6.45, 7) is 8.75. The number of aryl methyl sites for hydroxylation is 2. The molecule has 1 N–H and O–H groups in total. The van der Waals surface area contributed by atoms with Gasteiger partial charge in [-0.2, -0.15) is 5.10 Å². The van der Waals surface area contributed by atoms with Crippen LogP contribution in [0.25, 0.3) is 5.82 Å². The molecule has 3 rings (SSSR count). The van der Waals surface area contributed by atoms with Crippen molar-refractivity contribution in [1.82, 2.24) is 24.6 Å². The van der Waals surface area contributed by atoms with E-state index in [9.17, 15) is 4.79 Å². The number of aromatic nitrogens is 4. The van der Waals surface area contributed by atoms with Gasteiger partial charge >= 0.3 is 0 Å². The third-order valence-corrected chi connectivity index (χ3v) is 4.67. The monoisotopic (exact) mass is 342 g/mol. The van der Waals surface area contributed by atoms with E-state index in [4.69, 9.17) is 0 Å². The largest absolute Gasteiger partial charge is 0.357 e. The highest BCUT2D eigenvalue weighted by molar-refractivity contribution is 5.84. The molecule has 7 nitrogen and oxygen atoms in total. The lowest BCUT2D eigenvalue weighted by molar-refractivity contribution is -0.134. The highest BCUT2D eigenvalue weighted by Gasteiger charge is 2.27. The number of likely N-dealkylation sites (tertiary alicyclic amines) is 1. The Morgan fingerprint density at radius 2 is 2.12 bits per heavy atom. The van der Waals surface area contributed by atoms with E-state index in [0.29, 0.717) is 17.7 Å². The zero-order valence-electron chi connectivity index (χ0n) is 15.4. The van der Waals surface area contributed by atoms with E-state index in [1.54, 1.807) is 17.1 Å². The number of nitrogens with one attached hydrogen (secondary N) is 1. The maximum atomic E-state index is 12.7. The Morgan fingerprint density at radius 3 is 2.80 bits per heavy atom. The van der Waals surface area contributed by atoms with Crippen LogP contribution in [0.3, 0.4) is 0 Å². The summed E-state index contributed by atoms with van der Waals surface area (Å²) in [6.07, 6.45) is 6.66. The van der Waals surface area contributed by atoms with Crippen LogP contribution in [0.2, 0.25) is 0 Å². The molecule has 0 spiro atoms. The van der Waals surface area contributed by atoms with Gasteiger partial charge in [-0.3, -0.25) is 9.78 Å². The summed E-state index contributed by atoms with van der Waals surface area (Å²) in [5.41, 5.74) is 1.93. The third kappa shape index (κ3) is 3.81. The Hall–Kier alpha value is -2.44. The predicted octanol–water partition coefficient (Wildman–Crippen LogP) is 2.48. The molecule has 1 aliphatic heterocycles. The van der Waals surface area contributed by atoms with Crippen molar-refractivity contribution >= 4 is 11.7 Å². The Labute approximate surface area is 148 Å². The second-order valence-electron chi connectivity index (χ2n) is 6.84. The van der Waals surface area contributed by atoms with Crippen molar-refractivity contribution in [2.75, 3.05) is 11.9 Å². The molecule has 2 aromatic rings. The second kappa shape index (κ2) is 7.21. The fourth-order valence-corrected chi connectivity index (χ4v) is 3.35. The van der Waals surface area contributed by atoms with E-state index < -0.39 is 0 Å². The highest BCUT2D eigenvalue weighted by atomic mass is 16.2. The van der Waals surface area contributed by atoms with Crippen molar-refractivity contribution in [2.24, 2.45) is 0 Å². The molecule has 0 aromatic carbocycles. The van der Waals surface area contributed by atoms with Gasteiger partial charge in [0.25, 0.3) is 0 Å². The molecular formula is C18H26N6O. The standard InChI is InChI=1S/C18H26N6O/c1-12-9-14(3)24(22-12)17-11-19-10-16(21-17)20-15(4)18(25)23-8-6-5-7-13(23)2/h9-11,13,15H,5-8H2,1-4H3,(H,20,21)/t13-,15-/m1/s1. The molecule has 1 fully saturated rings. The van der Waals surface area contributed by atoms with E-state index >= 15 is 0 Å². The van der Waals surface area contributed by atoms with Gasteiger partial charge in [0.1, 0.15) is 11.9 Å². The third-order valence-electron chi connectivity index (χ3n) is 4.67. The SMILES string of the molecule is Cc1cc(C)n(-c2cncc(N[C@H](C)C(=O)N3CCCC[C@H]3C)n2)n1. The van der Waals surface area contributed by atoms with Crippen molar-refractivity contribution in [2.45, 2.75) is 59.0 Å². The number of amides is 1. The number of anilines is 1. The summed E-state index contributed by atoms with van der Waals surface area (Å²) in [7, 11) is 0. The summed E-state index contributed by atoms with van der Waals surface area (Å²) in [6, 6.07) is 1.95. The lowest BCUT2D eigenvalue weighted by atomic mass is 10.0. The Balaban J connectivity index is 1.73. The maximum Gasteiger partial charge on any atom is 0.245 e. The molecule has 25 heavy (non-hydrogen) atoms. The summed E-state index contributed by atoms with van der Waals surface area (Å²) >= 11 is 0. The van der Waals surface area contributed by atoms with Crippen LogP contribution < -0.4 is 5.32 Å². The van der Waals surface area contributed by atoms with Gasteiger partial charge in [0.2, 0.25) is 5.91 Å². The van der Waals surface area contributed by atoms with Crippen molar-refractivity contribution in [3.05, 3.63) is 29.8 Å². The smallest absolute Gasteiger partial charge is 0.245 e. The normalized spacial score (nSPS) is 18.9. The minimum Gasteiger partial charge on any atom is -0.357 e. The van der Waals surface area contributed by atoms with E-state index in [-0.39, 0.29) is 11.9 Å². The van der Waals surface area contributed by atoms with E-state index in [1.807, 2.05) is 31.7 Å². The van der Waals surface area contributed by atoms with Crippen molar-refractivity contribution in [3.8, 4) is 5.82 Å². The molecule has 0 aliphatic carbocycles. The highest BCUT2D eigenvalue weighted by Crippen LogP contribution is 2.18. The van der Waals surface area contributed by atoms with Crippen LogP contribution >= 0.6 is 0 Å². The molecule has 2 aromatic heterocycles. The van der Waals surface area contributed by atoms with Crippen molar-refractivity contribution in [3.63, 3.8) is 0 Å². The van der Waals surface area contributed by atoms with Gasteiger partial charge in [-0.05, 0) is 53.0 Å². The summed E-state index contributed by atoms with van der Waals surface area (Å²) in [5.74, 6) is 1.34. The predicted molar refractivity (Wildman–Crippen MR) is 96.7 cm³/mol. The van der Waals surface area contributed by atoms with Crippen LogP contribution in [0.5, 0.6) is 0 Å². The quantitative estimate of drug-likeness (QED) is 0.924. The molecule has 0 bridgehead atoms. The zero-order chi connectivity index (χ0) is 18.0.